The molecule has 0 bridgehead atoms. The van der Waals surface area contributed by atoms with Gasteiger partial charge in [-0.2, -0.15) is 11.8 Å². The molecule has 1 saturated carbocycles. The van der Waals surface area contributed by atoms with Gasteiger partial charge in [-0.3, -0.25) is 14.9 Å². The van der Waals surface area contributed by atoms with Crippen LogP contribution in [-0.4, -0.2) is 26.7 Å². The van der Waals surface area contributed by atoms with Crippen molar-refractivity contribution in [2.75, 3.05) is 5.75 Å². The second kappa shape index (κ2) is 6.04. The molecule has 5 nitrogen and oxygen atoms in total. The van der Waals surface area contributed by atoms with Crippen molar-refractivity contribution >= 4 is 23.2 Å². The van der Waals surface area contributed by atoms with E-state index in [1.165, 1.54) is 44.4 Å². The highest BCUT2D eigenvalue weighted by molar-refractivity contribution is 8.00. The molecule has 1 aliphatic carbocycles. The lowest BCUT2D eigenvalue weighted by molar-refractivity contribution is -0.384. The molecule has 2 rings (SSSR count). The number of nitrogens with one attached hydrogen (secondary N) is 1. The van der Waals surface area contributed by atoms with Gasteiger partial charge in [0.25, 0.3) is 5.69 Å². The molecule has 0 saturated heterocycles. The molecule has 0 amide bonds. The second-order valence-corrected chi connectivity index (χ2v) is 5.81. The van der Waals surface area contributed by atoms with Crippen molar-refractivity contribution in [3.63, 3.8) is 0 Å². The summed E-state index contributed by atoms with van der Waals surface area (Å²) in [6, 6.07) is 1.31. The van der Waals surface area contributed by atoms with Gasteiger partial charge in [-0.25, -0.2) is 0 Å². The largest absolute Gasteiger partial charge is 0.353 e. The van der Waals surface area contributed by atoms with E-state index in [9.17, 15) is 14.9 Å². The van der Waals surface area contributed by atoms with Gasteiger partial charge in [0.15, 0.2) is 5.78 Å². The summed E-state index contributed by atoms with van der Waals surface area (Å²) in [4.78, 5) is 24.5. The van der Waals surface area contributed by atoms with E-state index in [-0.39, 0.29) is 11.5 Å². The predicted molar refractivity (Wildman–Crippen MR) is 71.1 cm³/mol. The fourth-order valence-corrected chi connectivity index (χ4v) is 3.36. The number of carbonyl (C=O) groups is 1. The Bertz CT molecular complexity index is 438. The van der Waals surface area contributed by atoms with Crippen LogP contribution in [0.15, 0.2) is 12.3 Å². The molecule has 0 radical (unpaired) electrons. The number of hydrogen-bond acceptors (Lipinski definition) is 4. The predicted octanol–water partition coefficient (Wildman–Crippen LogP) is 3.17. The van der Waals surface area contributed by atoms with Crippen LogP contribution in [0.4, 0.5) is 5.69 Å². The summed E-state index contributed by atoms with van der Waals surface area (Å²) >= 11 is 1.68. The first kappa shape index (κ1) is 13.1. The van der Waals surface area contributed by atoms with Gasteiger partial charge < -0.3 is 4.98 Å². The molecule has 98 valence electrons. The molecule has 1 aliphatic rings. The monoisotopic (exact) mass is 268 g/mol. The molecule has 6 heteroatoms. The van der Waals surface area contributed by atoms with Crippen LogP contribution in [0.5, 0.6) is 0 Å². The molecule has 0 unspecified atom stereocenters. The Morgan fingerprint density at radius 2 is 2.17 bits per heavy atom. The molecular weight excluding hydrogens is 252 g/mol. The number of thioether (sulfide) groups is 1. The summed E-state index contributed by atoms with van der Waals surface area (Å²) in [5.74, 6) is 0.348. The molecule has 0 aromatic carbocycles. The fraction of sp³-hybridized carbons (Fsp3) is 0.583. The minimum atomic E-state index is -0.498. The SMILES string of the molecule is O=C(CSC1CCCCC1)c1cc([N+](=O)[O-])c[nH]1. The second-order valence-electron chi connectivity index (χ2n) is 4.52. The summed E-state index contributed by atoms with van der Waals surface area (Å²) in [5.41, 5.74) is 0.283. The standard InChI is InChI=1S/C12H16N2O3S/c15-12(8-18-10-4-2-1-3-5-10)11-6-9(7-13-11)14(16)17/h6-7,10,13H,1-5,8H2. The highest BCUT2D eigenvalue weighted by atomic mass is 32.2. The van der Waals surface area contributed by atoms with Crippen LogP contribution in [0.2, 0.25) is 0 Å². The van der Waals surface area contributed by atoms with Crippen LogP contribution in [0.3, 0.4) is 0 Å². The zero-order chi connectivity index (χ0) is 13.0. The minimum Gasteiger partial charge on any atom is -0.353 e. The van der Waals surface area contributed by atoms with Gasteiger partial charge in [-0.1, -0.05) is 19.3 Å². The number of nitro groups is 1. The maximum atomic E-state index is 11.8. The van der Waals surface area contributed by atoms with E-state index >= 15 is 0 Å². The topological polar surface area (TPSA) is 76.0 Å². The molecule has 1 aromatic rings. The summed E-state index contributed by atoms with van der Waals surface area (Å²) < 4.78 is 0. The number of ketones is 1. The van der Waals surface area contributed by atoms with Crippen LogP contribution in [-0.2, 0) is 0 Å². The van der Waals surface area contributed by atoms with E-state index in [1.54, 1.807) is 11.8 Å². The van der Waals surface area contributed by atoms with E-state index in [0.717, 1.165) is 0 Å². The number of aromatic amines is 1. The maximum Gasteiger partial charge on any atom is 0.287 e. The molecular formula is C12H16N2O3S. The Hall–Kier alpha value is -1.30. The van der Waals surface area contributed by atoms with Crippen molar-refractivity contribution in [1.82, 2.24) is 4.98 Å². The van der Waals surface area contributed by atoms with Gasteiger partial charge in [0.05, 0.1) is 22.6 Å². The van der Waals surface area contributed by atoms with Crippen molar-refractivity contribution < 1.29 is 9.72 Å². The first-order chi connectivity index (χ1) is 8.66. The van der Waals surface area contributed by atoms with Gasteiger partial charge >= 0.3 is 0 Å². The van der Waals surface area contributed by atoms with Crippen molar-refractivity contribution in [2.45, 2.75) is 37.4 Å². The smallest absolute Gasteiger partial charge is 0.287 e. The number of carbonyl (C=O) groups excluding carboxylic acids is 1. The van der Waals surface area contributed by atoms with E-state index < -0.39 is 4.92 Å². The third kappa shape index (κ3) is 3.35. The fourth-order valence-electron chi connectivity index (χ4n) is 2.15. The van der Waals surface area contributed by atoms with Crippen molar-refractivity contribution in [3.8, 4) is 0 Å². The zero-order valence-electron chi connectivity index (χ0n) is 10.1. The number of rotatable bonds is 5. The lowest BCUT2D eigenvalue weighted by atomic mass is 10.0. The van der Waals surface area contributed by atoms with Gasteiger partial charge in [-0.15, -0.1) is 0 Å². The Labute approximate surface area is 109 Å². The van der Waals surface area contributed by atoms with Crippen LogP contribution in [0.1, 0.15) is 42.6 Å². The lowest BCUT2D eigenvalue weighted by Crippen LogP contribution is -2.12. The first-order valence-electron chi connectivity index (χ1n) is 6.14. The van der Waals surface area contributed by atoms with E-state index in [4.69, 9.17) is 0 Å². The average molecular weight is 268 g/mol. The zero-order valence-corrected chi connectivity index (χ0v) is 10.9. The molecule has 1 heterocycles. The molecule has 1 aromatic heterocycles. The molecule has 0 atom stereocenters. The first-order valence-corrected chi connectivity index (χ1v) is 7.19. The average Bonchev–Trinajstić information content (AvgIpc) is 2.87. The number of aromatic nitrogens is 1. The number of hydrogen-bond donors (Lipinski definition) is 1. The normalized spacial score (nSPS) is 16.7. The highest BCUT2D eigenvalue weighted by Crippen LogP contribution is 2.28. The summed E-state index contributed by atoms with van der Waals surface area (Å²) in [6.45, 7) is 0. The quantitative estimate of drug-likeness (QED) is 0.505. The third-order valence-electron chi connectivity index (χ3n) is 3.18. The van der Waals surface area contributed by atoms with Crippen molar-refractivity contribution in [1.29, 1.82) is 0 Å². The van der Waals surface area contributed by atoms with Gasteiger partial charge in [0.1, 0.15) is 0 Å². The van der Waals surface area contributed by atoms with Crippen LogP contribution < -0.4 is 0 Å². The summed E-state index contributed by atoms with van der Waals surface area (Å²) in [6.07, 6.45) is 7.43. The minimum absolute atomic E-state index is 0.0546. The van der Waals surface area contributed by atoms with Gasteiger partial charge in [0.2, 0.25) is 0 Å². The Balaban J connectivity index is 1.84. The Morgan fingerprint density at radius 3 is 2.78 bits per heavy atom. The number of nitrogens with zero attached hydrogens (tertiary/aromatic N) is 1. The van der Waals surface area contributed by atoms with Crippen LogP contribution in [0, 0.1) is 10.1 Å². The van der Waals surface area contributed by atoms with E-state index in [1.807, 2.05) is 0 Å². The maximum absolute atomic E-state index is 11.8. The van der Waals surface area contributed by atoms with E-state index in [0.29, 0.717) is 16.7 Å². The highest BCUT2D eigenvalue weighted by Gasteiger charge is 2.18. The Kier molecular flexibility index (Phi) is 4.41. The third-order valence-corrected chi connectivity index (χ3v) is 4.55. The van der Waals surface area contributed by atoms with E-state index in [2.05, 4.69) is 4.98 Å². The lowest BCUT2D eigenvalue weighted by Gasteiger charge is -2.20. The number of Topliss-reactive ketones (excluding diaryl/α,β-unsaturated/α-hetero) is 1. The van der Waals surface area contributed by atoms with Gasteiger partial charge in [-0.05, 0) is 12.8 Å². The van der Waals surface area contributed by atoms with Crippen molar-refractivity contribution in [2.24, 2.45) is 0 Å². The van der Waals surface area contributed by atoms with Crippen LogP contribution >= 0.6 is 11.8 Å². The molecule has 0 spiro atoms. The summed E-state index contributed by atoms with van der Waals surface area (Å²) in [7, 11) is 0. The molecule has 0 aliphatic heterocycles. The summed E-state index contributed by atoms with van der Waals surface area (Å²) in [5, 5.41) is 11.1. The van der Waals surface area contributed by atoms with Gasteiger partial charge in [0, 0.05) is 11.3 Å². The Morgan fingerprint density at radius 1 is 1.44 bits per heavy atom. The van der Waals surface area contributed by atoms with Crippen molar-refractivity contribution in [3.05, 3.63) is 28.1 Å². The number of H-pyrrole nitrogens is 1. The molecule has 1 N–H and O–H groups in total. The molecule has 18 heavy (non-hydrogen) atoms. The van der Waals surface area contributed by atoms with Crippen LogP contribution in [0.25, 0.3) is 0 Å². The molecule has 1 fully saturated rings.